The van der Waals surface area contributed by atoms with E-state index in [-0.39, 0.29) is 18.0 Å². The second-order valence-electron chi connectivity index (χ2n) is 10.5. The molecule has 0 N–H and O–H groups in total. The van der Waals surface area contributed by atoms with Crippen LogP contribution in [0.3, 0.4) is 0 Å². The van der Waals surface area contributed by atoms with Crippen LogP contribution in [0.25, 0.3) is 11.1 Å². The first kappa shape index (κ1) is 35.1. The van der Waals surface area contributed by atoms with Gasteiger partial charge in [0.1, 0.15) is 0 Å². The molecule has 6 heteroatoms. The molecule has 0 aliphatic carbocycles. The Morgan fingerprint density at radius 2 is 1.71 bits per heavy atom. The average Bonchev–Trinajstić information content (AvgIpc) is 3.01. The second-order valence-corrected chi connectivity index (χ2v) is 11.3. The maximum atomic E-state index is 13.7. The molecule has 0 saturated carbocycles. The first-order valence-corrected chi connectivity index (χ1v) is 15.9. The summed E-state index contributed by atoms with van der Waals surface area (Å²) < 4.78 is 0. The fourth-order valence-electron chi connectivity index (χ4n) is 5.06. The molecule has 1 fully saturated rings. The lowest BCUT2D eigenvalue weighted by Gasteiger charge is -2.37. The Morgan fingerprint density at radius 1 is 1.07 bits per heavy atom. The maximum Gasteiger partial charge on any atom is 0.344 e. The third kappa shape index (κ3) is 10.0. The molecule has 3 rings (SSSR count). The summed E-state index contributed by atoms with van der Waals surface area (Å²) in [6.45, 7) is 18.5. The monoisotopic (exact) mass is 607 g/mol. The molecule has 0 radical (unpaired) electrons. The molecule has 1 aliphatic heterocycles. The van der Waals surface area contributed by atoms with Gasteiger partial charge in [0.25, 0.3) is 0 Å². The zero-order valence-corrected chi connectivity index (χ0v) is 27.5. The highest BCUT2D eigenvalue weighted by atomic mass is 35.5. The molecule has 1 aliphatic rings. The number of benzene rings is 2. The van der Waals surface area contributed by atoms with Gasteiger partial charge in [0, 0.05) is 41.1 Å². The molecular formula is C36H47Cl2N3O. The van der Waals surface area contributed by atoms with Gasteiger partial charge < -0.3 is 4.90 Å². The number of urea groups is 1. The number of allylic oxidation sites excluding steroid dienone is 6. The van der Waals surface area contributed by atoms with Crippen LogP contribution in [0.4, 0.5) is 4.79 Å². The van der Waals surface area contributed by atoms with Crippen LogP contribution in [-0.2, 0) is 6.42 Å². The normalized spacial score (nSPS) is 16.3. The SMILES string of the molecule is C=C/C(Cl)=C(\C(Cl)=C/C(C)C)c1ccc(/C(=C/N(N=C)C(=O)N2CCCCC2Cc2ccccc2)CCC)cc1.CC. The van der Waals surface area contributed by atoms with E-state index in [0.29, 0.717) is 10.1 Å². The summed E-state index contributed by atoms with van der Waals surface area (Å²) in [6.07, 6.45) is 11.1. The lowest BCUT2D eigenvalue weighted by Crippen LogP contribution is -2.48. The van der Waals surface area contributed by atoms with Crippen LogP contribution in [-0.4, -0.2) is 35.2 Å². The van der Waals surface area contributed by atoms with Gasteiger partial charge in [-0.3, -0.25) is 0 Å². The highest BCUT2D eigenvalue weighted by Gasteiger charge is 2.30. The fraction of sp³-hybridized carbons (Fsp3) is 0.389. The molecule has 1 unspecified atom stereocenters. The number of hydrogen-bond donors (Lipinski definition) is 0. The Hall–Kier alpha value is -3.08. The zero-order chi connectivity index (χ0) is 31.1. The van der Waals surface area contributed by atoms with Crippen LogP contribution in [0.2, 0.25) is 0 Å². The average molecular weight is 609 g/mol. The molecule has 1 saturated heterocycles. The van der Waals surface area contributed by atoms with Gasteiger partial charge in [0.2, 0.25) is 0 Å². The smallest absolute Gasteiger partial charge is 0.320 e. The number of halogens is 2. The van der Waals surface area contributed by atoms with Crippen molar-refractivity contribution in [2.45, 2.75) is 79.2 Å². The van der Waals surface area contributed by atoms with Crippen LogP contribution < -0.4 is 0 Å². The van der Waals surface area contributed by atoms with Gasteiger partial charge in [0.15, 0.2) is 0 Å². The minimum Gasteiger partial charge on any atom is -0.320 e. The summed E-state index contributed by atoms with van der Waals surface area (Å²) >= 11 is 13.2. The number of piperidine rings is 1. The Kier molecular flexibility index (Phi) is 15.4. The predicted octanol–water partition coefficient (Wildman–Crippen LogP) is 10.9. The minimum atomic E-state index is -0.130. The van der Waals surface area contributed by atoms with Crippen LogP contribution in [0.5, 0.6) is 0 Å². The summed E-state index contributed by atoms with van der Waals surface area (Å²) in [5, 5.41) is 6.64. The second kappa shape index (κ2) is 18.5. The molecule has 4 nitrogen and oxygen atoms in total. The van der Waals surface area contributed by atoms with E-state index < -0.39 is 0 Å². The molecule has 0 spiro atoms. The van der Waals surface area contributed by atoms with Crippen molar-refractivity contribution < 1.29 is 4.79 Å². The van der Waals surface area contributed by atoms with Crippen molar-refractivity contribution in [2.24, 2.45) is 11.0 Å². The Morgan fingerprint density at radius 3 is 2.29 bits per heavy atom. The third-order valence-electron chi connectivity index (χ3n) is 7.01. The number of carbonyl (C=O) groups is 1. The molecule has 0 bridgehead atoms. The third-order valence-corrected chi connectivity index (χ3v) is 7.67. The molecule has 1 heterocycles. The molecule has 2 aromatic carbocycles. The van der Waals surface area contributed by atoms with E-state index in [0.717, 1.165) is 67.3 Å². The maximum absolute atomic E-state index is 13.7. The molecule has 2 aromatic rings. The fourth-order valence-corrected chi connectivity index (χ4v) is 5.78. The molecular weight excluding hydrogens is 561 g/mol. The van der Waals surface area contributed by atoms with E-state index in [9.17, 15) is 4.79 Å². The lowest BCUT2D eigenvalue weighted by molar-refractivity contribution is 0.128. The number of rotatable bonds is 11. The van der Waals surface area contributed by atoms with Crippen LogP contribution >= 0.6 is 23.2 Å². The van der Waals surface area contributed by atoms with Crippen LogP contribution in [0.15, 0.2) is 94.7 Å². The van der Waals surface area contributed by atoms with E-state index in [1.807, 2.05) is 73.5 Å². The molecule has 42 heavy (non-hydrogen) atoms. The molecule has 2 amide bonds. The summed E-state index contributed by atoms with van der Waals surface area (Å²) in [5.74, 6) is 0.275. The van der Waals surface area contributed by atoms with E-state index >= 15 is 0 Å². The van der Waals surface area contributed by atoms with E-state index in [4.69, 9.17) is 23.2 Å². The Labute approximate surface area is 264 Å². The number of nitrogens with zero attached hydrogens (tertiary/aromatic N) is 3. The predicted molar refractivity (Wildman–Crippen MR) is 184 cm³/mol. The number of hydrazone groups is 1. The van der Waals surface area contributed by atoms with Crippen molar-refractivity contribution in [3.8, 4) is 0 Å². The van der Waals surface area contributed by atoms with Gasteiger partial charge in [-0.15, -0.1) is 0 Å². The van der Waals surface area contributed by atoms with Crippen molar-refractivity contribution in [2.75, 3.05) is 6.54 Å². The number of amides is 2. The lowest BCUT2D eigenvalue weighted by atomic mass is 9.96. The van der Waals surface area contributed by atoms with E-state index in [1.165, 1.54) is 10.6 Å². The summed E-state index contributed by atoms with van der Waals surface area (Å²) in [5.41, 5.74) is 4.90. The van der Waals surface area contributed by atoms with Gasteiger partial charge in [-0.05, 0) is 60.3 Å². The highest BCUT2D eigenvalue weighted by molar-refractivity contribution is 6.42. The first-order chi connectivity index (χ1) is 20.3. The molecule has 226 valence electrons. The number of likely N-dealkylation sites (tertiary alicyclic amines) is 1. The van der Waals surface area contributed by atoms with Crippen molar-refractivity contribution in [3.05, 3.63) is 106 Å². The standard InChI is InChI=1S/C34H41Cl2N3O.C2H6/c1-6-13-29(27-17-19-28(20-18-27)33(31(35)7-2)32(36)22-25(3)4)24-39(37-5)34(40)38-21-12-11-16-30(38)23-26-14-9-8-10-15-26;1-2/h7-10,14-15,17-20,22,24-25,30H,2,5-6,11-13,16,21,23H2,1,3-4H3;1-2H3/b29-24+,32-22+,33-31+;. The van der Waals surface area contributed by atoms with Gasteiger partial charge in [-0.1, -0.05) is 138 Å². The summed E-state index contributed by atoms with van der Waals surface area (Å²) in [6, 6.07) is 18.4. The van der Waals surface area contributed by atoms with Crippen LogP contribution in [0.1, 0.15) is 83.4 Å². The van der Waals surface area contributed by atoms with Gasteiger partial charge in [-0.2, -0.15) is 10.1 Å². The molecule has 0 aromatic heterocycles. The van der Waals surface area contributed by atoms with Crippen LogP contribution in [0, 0.1) is 5.92 Å². The van der Waals surface area contributed by atoms with Gasteiger partial charge in [-0.25, -0.2) is 4.79 Å². The Balaban J connectivity index is 0.00000301. The topological polar surface area (TPSA) is 35.9 Å². The van der Waals surface area contributed by atoms with Crippen molar-refractivity contribution in [3.63, 3.8) is 0 Å². The quantitative estimate of drug-likeness (QED) is 0.142. The number of hydrogen-bond acceptors (Lipinski definition) is 2. The largest absolute Gasteiger partial charge is 0.344 e. The summed E-state index contributed by atoms with van der Waals surface area (Å²) in [7, 11) is 0. The van der Waals surface area contributed by atoms with Crippen molar-refractivity contribution in [1.29, 1.82) is 0 Å². The van der Waals surface area contributed by atoms with E-state index in [2.05, 4.69) is 51.3 Å². The van der Waals surface area contributed by atoms with E-state index in [1.54, 1.807) is 6.08 Å². The van der Waals surface area contributed by atoms with Crippen molar-refractivity contribution >= 4 is 47.1 Å². The highest BCUT2D eigenvalue weighted by Crippen LogP contribution is 2.34. The van der Waals surface area contributed by atoms with Crippen molar-refractivity contribution in [1.82, 2.24) is 9.91 Å². The minimum absolute atomic E-state index is 0.130. The number of carbonyl (C=O) groups excluding carboxylic acids is 1. The van der Waals surface area contributed by atoms with Gasteiger partial charge >= 0.3 is 6.03 Å². The molecule has 1 atom stereocenters. The Bertz CT molecular complexity index is 1250. The van der Waals surface area contributed by atoms with Gasteiger partial charge in [0.05, 0.1) is 0 Å². The first-order valence-electron chi connectivity index (χ1n) is 15.1. The summed E-state index contributed by atoms with van der Waals surface area (Å²) in [4.78, 5) is 15.7. The zero-order valence-electron chi connectivity index (χ0n) is 26.0.